The summed E-state index contributed by atoms with van der Waals surface area (Å²) in [6.07, 6.45) is 24.4. The van der Waals surface area contributed by atoms with Crippen molar-refractivity contribution in [2.75, 3.05) is 0 Å². The summed E-state index contributed by atoms with van der Waals surface area (Å²) >= 11 is 0. The molecule has 0 fully saturated rings. The molecule has 4 nitrogen and oxygen atoms in total. The van der Waals surface area contributed by atoms with Crippen molar-refractivity contribution in [1.29, 1.82) is 0 Å². The van der Waals surface area contributed by atoms with Crippen molar-refractivity contribution < 1.29 is 20.0 Å². The van der Waals surface area contributed by atoms with Crippen LogP contribution < -0.4 is 0 Å². The zero-order valence-electron chi connectivity index (χ0n) is 14.8. The second-order valence-corrected chi connectivity index (χ2v) is 5.60. The van der Waals surface area contributed by atoms with E-state index in [-0.39, 0.29) is 6.42 Å². The minimum absolute atomic E-state index is 0.265. The predicted octanol–water partition coefficient (Wildman–Crippen LogP) is 5.68. The van der Waals surface area contributed by atoms with Gasteiger partial charge >= 0.3 is 5.97 Å². The lowest BCUT2D eigenvalue weighted by molar-refractivity contribution is -0.277. The van der Waals surface area contributed by atoms with Gasteiger partial charge in [-0.2, -0.15) is 0 Å². The van der Waals surface area contributed by atoms with Gasteiger partial charge in [-0.25, -0.2) is 9.68 Å². The van der Waals surface area contributed by atoms with Gasteiger partial charge in [0.25, 0.3) is 0 Å². The third kappa shape index (κ3) is 15.3. The fourth-order valence-electron chi connectivity index (χ4n) is 2.03. The van der Waals surface area contributed by atoms with Crippen LogP contribution in [0.2, 0.25) is 0 Å². The second kappa shape index (κ2) is 17.7. The Morgan fingerprint density at radius 3 is 1.83 bits per heavy atom. The number of aliphatic carboxylic acids is 1. The molecular formula is C20H32O4. The average Bonchev–Trinajstić information content (AvgIpc) is 2.57. The van der Waals surface area contributed by atoms with Crippen LogP contribution in [0.4, 0.5) is 0 Å². The van der Waals surface area contributed by atoms with Crippen LogP contribution in [0.3, 0.4) is 0 Å². The summed E-state index contributed by atoms with van der Waals surface area (Å²) in [7, 11) is 0. The molecule has 136 valence electrons. The van der Waals surface area contributed by atoms with E-state index in [0.29, 0.717) is 6.42 Å². The molecule has 0 aromatic heterocycles. The number of unbranched alkanes of at least 4 members (excludes halogenated alkanes) is 3. The Morgan fingerprint density at radius 1 is 0.875 bits per heavy atom. The van der Waals surface area contributed by atoms with Gasteiger partial charge < -0.3 is 5.11 Å². The first kappa shape index (κ1) is 22.4. The molecule has 0 heterocycles. The van der Waals surface area contributed by atoms with Gasteiger partial charge in [0.1, 0.15) is 0 Å². The van der Waals surface area contributed by atoms with E-state index in [2.05, 4.69) is 48.3 Å². The fraction of sp³-hybridized carbons (Fsp3) is 0.550. The van der Waals surface area contributed by atoms with Gasteiger partial charge in [0.05, 0.1) is 0 Å². The number of carboxylic acids is 1. The lowest BCUT2D eigenvalue weighted by atomic mass is 10.2. The molecule has 0 saturated carbocycles. The Bertz CT molecular complexity index is 408. The molecule has 2 N–H and O–H groups in total. The van der Waals surface area contributed by atoms with Gasteiger partial charge in [0, 0.05) is 0 Å². The molecule has 0 aliphatic carbocycles. The van der Waals surface area contributed by atoms with Crippen molar-refractivity contribution in [1.82, 2.24) is 0 Å². The highest BCUT2D eigenvalue weighted by atomic mass is 17.1. The molecule has 1 unspecified atom stereocenters. The molecule has 4 heteroatoms. The zero-order valence-corrected chi connectivity index (χ0v) is 14.8. The van der Waals surface area contributed by atoms with E-state index in [1.54, 1.807) is 0 Å². The van der Waals surface area contributed by atoms with Crippen molar-refractivity contribution >= 4 is 5.97 Å². The largest absolute Gasteiger partial charge is 0.479 e. The van der Waals surface area contributed by atoms with E-state index in [1.165, 1.54) is 25.7 Å². The Balaban J connectivity index is 3.56. The Hall–Kier alpha value is -1.65. The Morgan fingerprint density at radius 2 is 1.38 bits per heavy atom. The van der Waals surface area contributed by atoms with Gasteiger partial charge in [-0.05, 0) is 44.9 Å². The van der Waals surface area contributed by atoms with Crippen molar-refractivity contribution in [3.05, 3.63) is 48.6 Å². The molecule has 0 saturated heterocycles. The van der Waals surface area contributed by atoms with E-state index in [4.69, 9.17) is 10.4 Å². The van der Waals surface area contributed by atoms with Crippen LogP contribution in [0.15, 0.2) is 48.6 Å². The van der Waals surface area contributed by atoms with Crippen LogP contribution >= 0.6 is 0 Å². The van der Waals surface area contributed by atoms with E-state index in [0.717, 1.165) is 19.3 Å². The summed E-state index contributed by atoms with van der Waals surface area (Å²) in [5.41, 5.74) is 0. The first-order valence-electron chi connectivity index (χ1n) is 8.85. The standard InChI is InChI=1S/C20H32O4/c1-2-3-4-5-6-7-8-9-10-11-12-13-14-15-16-17-18-19(24-23)20(21)22/h6-7,9-10,12-13,15-16,19,23H,2-5,8,11,14,17-18H2,1H3,(H,21,22)/b7-6-,10-9-,13-12-,16-15-. The molecule has 0 aromatic rings. The van der Waals surface area contributed by atoms with Crippen LogP contribution in [0.1, 0.15) is 64.7 Å². The normalized spacial score (nSPS) is 13.8. The molecule has 1 atom stereocenters. The third-order valence-electron chi connectivity index (χ3n) is 3.46. The number of allylic oxidation sites excluding steroid dienone is 8. The lowest BCUT2D eigenvalue weighted by Gasteiger charge is -2.05. The van der Waals surface area contributed by atoms with Crippen molar-refractivity contribution in [2.24, 2.45) is 0 Å². The first-order chi connectivity index (χ1) is 11.7. The molecule has 0 aliphatic heterocycles. The maximum Gasteiger partial charge on any atom is 0.336 e. The number of hydrogen-bond acceptors (Lipinski definition) is 3. The minimum atomic E-state index is -1.15. The van der Waals surface area contributed by atoms with Gasteiger partial charge in [0.15, 0.2) is 6.10 Å². The molecule has 0 radical (unpaired) electrons. The van der Waals surface area contributed by atoms with Crippen LogP contribution in [0.25, 0.3) is 0 Å². The molecule has 0 spiro atoms. The average molecular weight is 336 g/mol. The van der Waals surface area contributed by atoms with Crippen LogP contribution in [-0.2, 0) is 9.68 Å². The maximum atomic E-state index is 10.6. The molecule has 0 rings (SSSR count). The van der Waals surface area contributed by atoms with Crippen molar-refractivity contribution in [3.8, 4) is 0 Å². The van der Waals surface area contributed by atoms with Crippen LogP contribution in [0.5, 0.6) is 0 Å². The van der Waals surface area contributed by atoms with E-state index in [9.17, 15) is 4.79 Å². The topological polar surface area (TPSA) is 66.8 Å². The third-order valence-corrected chi connectivity index (χ3v) is 3.46. The number of hydrogen-bond donors (Lipinski definition) is 2. The maximum absolute atomic E-state index is 10.6. The van der Waals surface area contributed by atoms with E-state index < -0.39 is 12.1 Å². The smallest absolute Gasteiger partial charge is 0.336 e. The van der Waals surface area contributed by atoms with Crippen LogP contribution in [0, 0.1) is 0 Å². The summed E-state index contributed by atoms with van der Waals surface area (Å²) < 4.78 is 0. The van der Waals surface area contributed by atoms with E-state index in [1.807, 2.05) is 12.2 Å². The molecule has 0 amide bonds. The Kier molecular flexibility index (Phi) is 16.5. The summed E-state index contributed by atoms with van der Waals surface area (Å²) in [4.78, 5) is 14.5. The molecule has 0 bridgehead atoms. The number of rotatable bonds is 15. The SMILES string of the molecule is CCCCC/C=C\C/C=C\C/C=C\C/C=C\CCC(OO)C(=O)O. The Labute approximate surface area is 146 Å². The van der Waals surface area contributed by atoms with Crippen LogP contribution in [-0.4, -0.2) is 22.4 Å². The lowest BCUT2D eigenvalue weighted by Crippen LogP contribution is -2.21. The number of carboxylic acid groups (broad SMARTS) is 1. The quantitative estimate of drug-likeness (QED) is 0.175. The van der Waals surface area contributed by atoms with Gasteiger partial charge in [-0.3, -0.25) is 5.26 Å². The second-order valence-electron chi connectivity index (χ2n) is 5.60. The minimum Gasteiger partial charge on any atom is -0.479 e. The first-order valence-corrected chi connectivity index (χ1v) is 8.85. The van der Waals surface area contributed by atoms with Crippen molar-refractivity contribution in [2.45, 2.75) is 70.8 Å². The zero-order chi connectivity index (χ0) is 17.9. The molecule has 0 aliphatic rings. The van der Waals surface area contributed by atoms with E-state index >= 15 is 0 Å². The monoisotopic (exact) mass is 336 g/mol. The summed E-state index contributed by atoms with van der Waals surface area (Å²) in [6.45, 7) is 2.22. The van der Waals surface area contributed by atoms with Gasteiger partial charge in [-0.1, -0.05) is 68.4 Å². The summed E-state index contributed by atoms with van der Waals surface area (Å²) in [6, 6.07) is 0. The highest BCUT2D eigenvalue weighted by molar-refractivity contribution is 5.72. The highest BCUT2D eigenvalue weighted by Gasteiger charge is 2.16. The number of carbonyl (C=O) groups is 1. The predicted molar refractivity (Wildman–Crippen MR) is 98.9 cm³/mol. The molecular weight excluding hydrogens is 304 g/mol. The van der Waals surface area contributed by atoms with Gasteiger partial charge in [-0.15, -0.1) is 0 Å². The molecule has 24 heavy (non-hydrogen) atoms. The molecule has 0 aromatic carbocycles. The fourth-order valence-corrected chi connectivity index (χ4v) is 2.03. The van der Waals surface area contributed by atoms with Crippen molar-refractivity contribution in [3.63, 3.8) is 0 Å². The highest BCUT2D eigenvalue weighted by Crippen LogP contribution is 2.03. The van der Waals surface area contributed by atoms with Gasteiger partial charge in [0.2, 0.25) is 0 Å². The summed E-state index contributed by atoms with van der Waals surface area (Å²) in [5.74, 6) is -1.15. The summed E-state index contributed by atoms with van der Waals surface area (Å²) in [5, 5.41) is 17.1.